The molecule has 0 heterocycles. The standard InChI is InChI=1S/C14H21BrN2/c1-10-6-12(15)8-13(7-10)17-14(9-16)5-3-4-11(14)2/h6-8,11,17H,3-5,9,16H2,1-2H3. The number of nitrogens with one attached hydrogen (secondary N) is 1. The van der Waals surface area contributed by atoms with Crippen LogP contribution in [0.2, 0.25) is 0 Å². The van der Waals surface area contributed by atoms with Gasteiger partial charge in [-0.2, -0.15) is 0 Å². The van der Waals surface area contributed by atoms with Crippen LogP contribution in [0.3, 0.4) is 0 Å². The Morgan fingerprint density at radius 2 is 2.24 bits per heavy atom. The molecule has 2 rings (SSSR count). The lowest BCUT2D eigenvalue weighted by Gasteiger charge is -2.35. The monoisotopic (exact) mass is 296 g/mol. The summed E-state index contributed by atoms with van der Waals surface area (Å²) in [6.45, 7) is 5.13. The lowest BCUT2D eigenvalue weighted by Crippen LogP contribution is -2.47. The smallest absolute Gasteiger partial charge is 0.0521 e. The zero-order chi connectivity index (χ0) is 12.5. The molecule has 1 aromatic rings. The van der Waals surface area contributed by atoms with Gasteiger partial charge in [-0.05, 0) is 49.4 Å². The van der Waals surface area contributed by atoms with Gasteiger partial charge in [0.2, 0.25) is 0 Å². The van der Waals surface area contributed by atoms with Crippen molar-refractivity contribution in [3.05, 3.63) is 28.2 Å². The molecule has 1 aromatic carbocycles. The van der Waals surface area contributed by atoms with Crippen LogP contribution in [-0.2, 0) is 0 Å². The van der Waals surface area contributed by atoms with E-state index in [0.29, 0.717) is 12.5 Å². The van der Waals surface area contributed by atoms with Crippen LogP contribution < -0.4 is 11.1 Å². The molecule has 0 amide bonds. The predicted molar refractivity (Wildman–Crippen MR) is 77.3 cm³/mol. The van der Waals surface area contributed by atoms with Gasteiger partial charge in [0.25, 0.3) is 0 Å². The molecule has 94 valence electrons. The van der Waals surface area contributed by atoms with Gasteiger partial charge in [0, 0.05) is 16.7 Å². The summed E-state index contributed by atoms with van der Waals surface area (Å²) in [5.41, 5.74) is 8.54. The maximum absolute atomic E-state index is 6.01. The van der Waals surface area contributed by atoms with Crippen molar-refractivity contribution in [1.82, 2.24) is 0 Å². The highest BCUT2D eigenvalue weighted by molar-refractivity contribution is 9.10. The van der Waals surface area contributed by atoms with Crippen LogP contribution >= 0.6 is 15.9 Å². The van der Waals surface area contributed by atoms with Crippen LogP contribution in [0.25, 0.3) is 0 Å². The Bertz CT molecular complexity index is 385. The van der Waals surface area contributed by atoms with E-state index in [9.17, 15) is 0 Å². The van der Waals surface area contributed by atoms with E-state index in [2.05, 4.69) is 53.3 Å². The molecule has 1 aliphatic carbocycles. The van der Waals surface area contributed by atoms with E-state index in [4.69, 9.17) is 5.73 Å². The van der Waals surface area contributed by atoms with E-state index in [0.717, 1.165) is 4.47 Å². The number of aryl methyl sites for hydroxylation is 1. The molecular formula is C14H21BrN2. The molecule has 2 atom stereocenters. The summed E-state index contributed by atoms with van der Waals surface area (Å²) in [7, 11) is 0. The summed E-state index contributed by atoms with van der Waals surface area (Å²) < 4.78 is 1.12. The third-order valence-corrected chi connectivity index (χ3v) is 4.46. The molecule has 17 heavy (non-hydrogen) atoms. The lowest BCUT2D eigenvalue weighted by atomic mass is 9.88. The second-order valence-corrected chi connectivity index (χ2v) is 6.21. The Kier molecular flexibility index (Phi) is 3.79. The fourth-order valence-corrected chi connectivity index (χ4v) is 3.49. The molecule has 1 aliphatic rings. The maximum Gasteiger partial charge on any atom is 0.0521 e. The predicted octanol–water partition coefficient (Wildman–Crippen LogP) is 3.69. The summed E-state index contributed by atoms with van der Waals surface area (Å²) in [5, 5.41) is 3.68. The van der Waals surface area contributed by atoms with Crippen LogP contribution in [-0.4, -0.2) is 12.1 Å². The van der Waals surface area contributed by atoms with Crippen LogP contribution in [0.15, 0.2) is 22.7 Å². The van der Waals surface area contributed by atoms with Gasteiger partial charge in [-0.15, -0.1) is 0 Å². The molecule has 0 radical (unpaired) electrons. The van der Waals surface area contributed by atoms with Crippen LogP contribution in [0.1, 0.15) is 31.7 Å². The molecule has 2 nitrogen and oxygen atoms in total. The summed E-state index contributed by atoms with van der Waals surface area (Å²) in [5.74, 6) is 0.645. The van der Waals surface area contributed by atoms with Crippen molar-refractivity contribution < 1.29 is 0 Å². The number of hydrogen-bond acceptors (Lipinski definition) is 2. The highest BCUT2D eigenvalue weighted by Crippen LogP contribution is 2.38. The van der Waals surface area contributed by atoms with Gasteiger partial charge in [-0.25, -0.2) is 0 Å². The highest BCUT2D eigenvalue weighted by atomic mass is 79.9. The Hall–Kier alpha value is -0.540. The molecule has 0 spiro atoms. The van der Waals surface area contributed by atoms with Gasteiger partial charge in [0.15, 0.2) is 0 Å². The van der Waals surface area contributed by atoms with Crippen LogP contribution in [0.5, 0.6) is 0 Å². The van der Waals surface area contributed by atoms with Crippen LogP contribution in [0.4, 0.5) is 5.69 Å². The zero-order valence-electron chi connectivity index (χ0n) is 10.6. The van der Waals surface area contributed by atoms with Crippen molar-refractivity contribution in [3.8, 4) is 0 Å². The summed E-state index contributed by atoms with van der Waals surface area (Å²) in [6.07, 6.45) is 3.73. The van der Waals surface area contributed by atoms with Gasteiger partial charge in [-0.3, -0.25) is 0 Å². The van der Waals surface area contributed by atoms with Crippen molar-refractivity contribution in [3.63, 3.8) is 0 Å². The second kappa shape index (κ2) is 4.99. The largest absolute Gasteiger partial charge is 0.378 e. The molecule has 1 saturated carbocycles. The van der Waals surface area contributed by atoms with Crippen molar-refractivity contribution in [2.75, 3.05) is 11.9 Å². The Morgan fingerprint density at radius 1 is 1.47 bits per heavy atom. The minimum atomic E-state index is 0.0905. The molecule has 0 aromatic heterocycles. The number of benzene rings is 1. The van der Waals surface area contributed by atoms with E-state index < -0.39 is 0 Å². The average Bonchev–Trinajstić information content (AvgIpc) is 2.59. The molecule has 0 saturated heterocycles. The summed E-state index contributed by atoms with van der Waals surface area (Å²) >= 11 is 3.55. The van der Waals surface area contributed by atoms with E-state index in [1.54, 1.807) is 0 Å². The number of hydrogen-bond donors (Lipinski definition) is 2. The van der Waals surface area contributed by atoms with E-state index in [1.165, 1.54) is 30.5 Å². The van der Waals surface area contributed by atoms with Gasteiger partial charge in [-0.1, -0.05) is 29.3 Å². The fourth-order valence-electron chi connectivity index (χ4n) is 2.88. The number of nitrogens with two attached hydrogens (primary N) is 1. The van der Waals surface area contributed by atoms with E-state index in [-0.39, 0.29) is 5.54 Å². The highest BCUT2D eigenvalue weighted by Gasteiger charge is 2.38. The van der Waals surface area contributed by atoms with Gasteiger partial charge < -0.3 is 11.1 Å². The molecule has 0 aliphatic heterocycles. The SMILES string of the molecule is Cc1cc(Br)cc(NC2(CN)CCCC2C)c1. The van der Waals surface area contributed by atoms with Crippen molar-refractivity contribution >= 4 is 21.6 Å². The van der Waals surface area contributed by atoms with Crippen molar-refractivity contribution in [1.29, 1.82) is 0 Å². The molecule has 1 fully saturated rings. The molecule has 3 N–H and O–H groups in total. The van der Waals surface area contributed by atoms with Gasteiger partial charge >= 0.3 is 0 Å². The first-order chi connectivity index (χ1) is 8.05. The minimum absolute atomic E-state index is 0.0905. The second-order valence-electron chi connectivity index (χ2n) is 5.30. The third kappa shape index (κ3) is 2.66. The van der Waals surface area contributed by atoms with Gasteiger partial charge in [0.05, 0.1) is 5.54 Å². The van der Waals surface area contributed by atoms with Crippen molar-refractivity contribution in [2.24, 2.45) is 11.7 Å². The molecule has 2 unspecified atom stereocenters. The first-order valence-electron chi connectivity index (χ1n) is 6.31. The van der Waals surface area contributed by atoms with E-state index in [1.807, 2.05) is 0 Å². The number of anilines is 1. The summed E-state index contributed by atoms with van der Waals surface area (Å²) in [4.78, 5) is 0. The summed E-state index contributed by atoms with van der Waals surface area (Å²) in [6, 6.07) is 6.45. The average molecular weight is 297 g/mol. The first-order valence-corrected chi connectivity index (χ1v) is 7.10. The Balaban J connectivity index is 2.24. The van der Waals surface area contributed by atoms with E-state index >= 15 is 0 Å². The quantitative estimate of drug-likeness (QED) is 0.893. The first kappa shape index (κ1) is 12.9. The maximum atomic E-state index is 6.01. The Morgan fingerprint density at radius 3 is 2.76 bits per heavy atom. The normalized spacial score (nSPS) is 28.4. The van der Waals surface area contributed by atoms with Crippen LogP contribution in [0, 0.1) is 12.8 Å². The fraction of sp³-hybridized carbons (Fsp3) is 0.571. The zero-order valence-corrected chi connectivity index (χ0v) is 12.2. The third-order valence-electron chi connectivity index (χ3n) is 4.00. The van der Waals surface area contributed by atoms with Crippen molar-refractivity contribution in [2.45, 2.75) is 38.6 Å². The lowest BCUT2D eigenvalue weighted by molar-refractivity contribution is 0.382. The Labute approximate surface area is 112 Å². The number of rotatable bonds is 3. The molecule has 3 heteroatoms. The molecular weight excluding hydrogens is 276 g/mol. The minimum Gasteiger partial charge on any atom is -0.378 e. The van der Waals surface area contributed by atoms with Gasteiger partial charge in [0.1, 0.15) is 0 Å². The topological polar surface area (TPSA) is 38.0 Å². The number of halogens is 1. The molecule has 0 bridgehead atoms.